The minimum absolute atomic E-state index is 0.0268. The predicted octanol–water partition coefficient (Wildman–Crippen LogP) is 1.06. The Bertz CT molecular complexity index is 1040. The molecular formula is C27H48BN7O7. The van der Waals surface area contributed by atoms with Crippen molar-refractivity contribution in [3.05, 3.63) is 10.1 Å². The van der Waals surface area contributed by atoms with Gasteiger partial charge in [0.05, 0.1) is 17.6 Å². The second-order valence-electron chi connectivity index (χ2n) is 13.1. The molecule has 236 valence electrons. The number of nitrogens with two attached hydrogens (primary N) is 1. The minimum Gasteiger partial charge on any atom is -0.404 e. The molecule has 4 fully saturated rings. The van der Waals surface area contributed by atoms with Crippen LogP contribution in [-0.4, -0.2) is 72.6 Å². The van der Waals surface area contributed by atoms with Crippen molar-refractivity contribution in [2.75, 3.05) is 13.1 Å². The van der Waals surface area contributed by atoms with E-state index in [1.807, 2.05) is 0 Å². The Labute approximate surface area is 248 Å². The number of nitrogens with one attached hydrogen (secondary N) is 4. The lowest BCUT2D eigenvalue weighted by atomic mass is 9.43. The van der Waals surface area contributed by atoms with Crippen LogP contribution < -0.4 is 27.1 Å². The molecule has 0 unspecified atom stereocenters. The standard InChI is InChI=1S/C27H48BN7O7/c1-16(2)13-22(28-41-21-15-18-14-20(26(18,4)5)27(21,6)42-28)33-24(38)19(9-7-12-31-25(29)34-35(39)40)32-23(37)10-8-11-30-17(3)36/h16,18-22H,7-15H2,1-6H3,(H,30,36)(H,32,37)(H,33,38)(H3,29,31,34)/t18-,19-,20-,21+,22-,27-/m0/s1. The van der Waals surface area contributed by atoms with E-state index in [2.05, 4.69) is 55.6 Å². The van der Waals surface area contributed by atoms with Crippen LogP contribution in [0, 0.1) is 33.3 Å². The number of hydrogen-bond acceptors (Lipinski definition) is 8. The van der Waals surface area contributed by atoms with Gasteiger partial charge in [0, 0.05) is 26.4 Å². The maximum atomic E-state index is 13.6. The van der Waals surface area contributed by atoms with E-state index in [1.54, 1.807) is 5.43 Å². The molecule has 6 N–H and O–H groups in total. The summed E-state index contributed by atoms with van der Waals surface area (Å²) in [4.78, 5) is 51.9. The Morgan fingerprint density at radius 1 is 1.17 bits per heavy atom. The van der Waals surface area contributed by atoms with E-state index in [-0.39, 0.29) is 60.5 Å². The van der Waals surface area contributed by atoms with Gasteiger partial charge in [-0.25, -0.2) is 15.1 Å². The Balaban J connectivity index is 1.67. The molecule has 3 saturated carbocycles. The molecule has 14 nitrogen and oxygen atoms in total. The zero-order chi connectivity index (χ0) is 31.2. The SMILES string of the molecule is CC(=O)NCCCC(=O)N[C@@H](CCCN=C(N)N[N+](=O)[O-])C(=O)N[C@@H](CC(C)C)B1O[C@@H]2C[C@@H]3C[C@@H](C3(C)C)[C@]2(C)O1. The number of amides is 3. The molecule has 6 atom stereocenters. The zero-order valence-electron chi connectivity index (χ0n) is 25.7. The molecule has 0 radical (unpaired) electrons. The van der Waals surface area contributed by atoms with Crippen LogP contribution in [0.2, 0.25) is 0 Å². The Hall–Kier alpha value is -2.94. The molecule has 2 bridgehead atoms. The summed E-state index contributed by atoms with van der Waals surface area (Å²) in [6.45, 7) is 12.7. The van der Waals surface area contributed by atoms with Gasteiger partial charge >= 0.3 is 7.12 Å². The summed E-state index contributed by atoms with van der Waals surface area (Å²) >= 11 is 0. The van der Waals surface area contributed by atoms with Gasteiger partial charge in [0.1, 0.15) is 6.04 Å². The van der Waals surface area contributed by atoms with E-state index < -0.39 is 29.7 Å². The molecule has 3 aliphatic carbocycles. The molecule has 3 amide bonds. The number of hydrogen-bond donors (Lipinski definition) is 5. The van der Waals surface area contributed by atoms with Gasteiger partial charge in [-0.2, -0.15) is 0 Å². The second-order valence-corrected chi connectivity index (χ2v) is 13.1. The first-order chi connectivity index (χ1) is 19.6. The topological polar surface area (TPSA) is 199 Å². The lowest BCUT2D eigenvalue weighted by molar-refractivity contribution is -0.525. The number of aliphatic imine (C=N–C) groups is 1. The van der Waals surface area contributed by atoms with E-state index >= 15 is 0 Å². The fraction of sp³-hybridized carbons (Fsp3) is 0.852. The summed E-state index contributed by atoms with van der Waals surface area (Å²) < 4.78 is 13.1. The Morgan fingerprint density at radius 3 is 2.50 bits per heavy atom. The van der Waals surface area contributed by atoms with Gasteiger partial charge < -0.3 is 31.0 Å². The van der Waals surface area contributed by atoms with Crippen molar-refractivity contribution in [1.82, 2.24) is 21.4 Å². The first-order valence-corrected chi connectivity index (χ1v) is 15.0. The van der Waals surface area contributed by atoms with Gasteiger partial charge in [0.15, 0.2) is 5.03 Å². The Kier molecular flexibility index (Phi) is 11.2. The molecule has 0 aromatic rings. The molecule has 1 heterocycles. The molecule has 42 heavy (non-hydrogen) atoms. The highest BCUT2D eigenvalue weighted by atomic mass is 16.7. The monoisotopic (exact) mass is 593 g/mol. The van der Waals surface area contributed by atoms with E-state index in [1.165, 1.54) is 6.92 Å². The number of hydrazine groups is 1. The summed E-state index contributed by atoms with van der Waals surface area (Å²) in [5.74, 6) is -0.401. The molecule has 4 aliphatic rings. The van der Waals surface area contributed by atoms with Crippen LogP contribution >= 0.6 is 0 Å². The van der Waals surface area contributed by atoms with Gasteiger partial charge in [-0.15, -0.1) is 0 Å². The van der Waals surface area contributed by atoms with Crippen LogP contribution in [0.15, 0.2) is 4.99 Å². The fourth-order valence-electron chi connectivity index (χ4n) is 6.77. The summed E-state index contributed by atoms with van der Waals surface area (Å²) in [5, 5.41) is 18.3. The smallest absolute Gasteiger partial charge is 0.404 e. The molecular weight excluding hydrogens is 545 g/mol. The second kappa shape index (κ2) is 14.0. The van der Waals surface area contributed by atoms with Crippen molar-refractivity contribution in [3.63, 3.8) is 0 Å². The van der Waals surface area contributed by atoms with Crippen LogP contribution in [0.5, 0.6) is 0 Å². The highest BCUT2D eigenvalue weighted by Crippen LogP contribution is 2.65. The number of carbonyl (C=O) groups is 3. The number of guanidine groups is 1. The average molecular weight is 594 g/mol. The third kappa shape index (κ3) is 8.33. The predicted molar refractivity (Wildman–Crippen MR) is 157 cm³/mol. The first-order valence-electron chi connectivity index (χ1n) is 15.0. The lowest BCUT2D eigenvalue weighted by Crippen LogP contribution is -2.65. The van der Waals surface area contributed by atoms with Gasteiger partial charge in [0.25, 0.3) is 5.96 Å². The van der Waals surface area contributed by atoms with Crippen LogP contribution in [0.4, 0.5) is 0 Å². The van der Waals surface area contributed by atoms with Crippen molar-refractivity contribution in [2.24, 2.45) is 33.9 Å². The maximum absolute atomic E-state index is 13.6. The van der Waals surface area contributed by atoms with Crippen LogP contribution in [0.3, 0.4) is 0 Å². The van der Waals surface area contributed by atoms with E-state index in [0.717, 1.165) is 12.8 Å². The third-order valence-electron chi connectivity index (χ3n) is 9.10. The molecule has 4 rings (SSSR count). The van der Waals surface area contributed by atoms with Crippen LogP contribution in [0.1, 0.15) is 86.5 Å². The zero-order valence-corrected chi connectivity index (χ0v) is 25.7. The Morgan fingerprint density at radius 2 is 1.88 bits per heavy atom. The van der Waals surface area contributed by atoms with E-state index in [9.17, 15) is 24.5 Å². The van der Waals surface area contributed by atoms with E-state index in [0.29, 0.717) is 37.6 Å². The van der Waals surface area contributed by atoms with Crippen LogP contribution in [0.25, 0.3) is 0 Å². The summed E-state index contributed by atoms with van der Waals surface area (Å²) in [6.07, 6.45) is 3.78. The molecule has 0 aromatic carbocycles. The van der Waals surface area contributed by atoms with Crippen molar-refractivity contribution in [2.45, 2.75) is 110 Å². The normalized spacial score (nSPS) is 27.4. The molecule has 1 saturated heterocycles. The fourth-order valence-corrected chi connectivity index (χ4v) is 6.77. The highest BCUT2D eigenvalue weighted by Gasteiger charge is 2.68. The maximum Gasteiger partial charge on any atom is 0.481 e. The van der Waals surface area contributed by atoms with E-state index in [4.69, 9.17) is 15.0 Å². The van der Waals surface area contributed by atoms with Crippen molar-refractivity contribution in [1.29, 1.82) is 0 Å². The van der Waals surface area contributed by atoms with Gasteiger partial charge in [-0.3, -0.25) is 14.4 Å². The molecule has 15 heteroatoms. The quantitative estimate of drug-likeness (QED) is 0.0460. The third-order valence-corrected chi connectivity index (χ3v) is 9.10. The van der Waals surface area contributed by atoms with Crippen molar-refractivity contribution >= 4 is 30.8 Å². The number of rotatable bonds is 15. The number of carbonyl (C=O) groups excluding carboxylic acids is 3. The number of nitrogens with zero attached hydrogens (tertiary/aromatic N) is 2. The average Bonchev–Trinajstić information content (AvgIpc) is 3.24. The molecule has 1 aliphatic heterocycles. The number of nitro groups is 1. The van der Waals surface area contributed by atoms with Crippen LogP contribution in [-0.2, 0) is 23.7 Å². The molecule has 0 aromatic heterocycles. The van der Waals surface area contributed by atoms with Gasteiger partial charge in [0.2, 0.25) is 17.7 Å². The van der Waals surface area contributed by atoms with Crippen molar-refractivity contribution < 1.29 is 28.7 Å². The van der Waals surface area contributed by atoms with Gasteiger partial charge in [-0.05, 0) is 68.6 Å². The van der Waals surface area contributed by atoms with Gasteiger partial charge in [-0.1, -0.05) is 33.1 Å². The lowest BCUT2D eigenvalue weighted by Gasteiger charge is -2.64. The summed E-state index contributed by atoms with van der Waals surface area (Å²) in [7, 11) is -0.604. The highest BCUT2D eigenvalue weighted by molar-refractivity contribution is 6.48. The summed E-state index contributed by atoms with van der Waals surface area (Å²) in [5.41, 5.74) is 7.03. The summed E-state index contributed by atoms with van der Waals surface area (Å²) in [6, 6.07) is -0.876. The largest absolute Gasteiger partial charge is 0.481 e. The van der Waals surface area contributed by atoms with Crippen molar-refractivity contribution in [3.8, 4) is 0 Å². The first kappa shape index (κ1) is 33.6. The minimum atomic E-state index is -0.876. The molecule has 0 spiro atoms.